The Morgan fingerprint density at radius 2 is 2.10 bits per heavy atom. The van der Waals surface area contributed by atoms with Crippen molar-refractivity contribution in [2.24, 2.45) is 0 Å². The highest BCUT2D eigenvalue weighted by atomic mass is 35.5. The lowest BCUT2D eigenvalue weighted by molar-refractivity contribution is 0.357. The van der Waals surface area contributed by atoms with Gasteiger partial charge in [-0.25, -0.2) is 0 Å². The van der Waals surface area contributed by atoms with Gasteiger partial charge in [-0.1, -0.05) is 29.8 Å². The van der Waals surface area contributed by atoms with Crippen molar-refractivity contribution >= 4 is 38.7 Å². The van der Waals surface area contributed by atoms with E-state index in [4.69, 9.17) is 16.3 Å². The number of hydrogen-bond acceptors (Lipinski definition) is 3. The van der Waals surface area contributed by atoms with Crippen LogP contribution in [0.1, 0.15) is 10.4 Å². The van der Waals surface area contributed by atoms with Crippen LogP contribution in [0.25, 0.3) is 10.1 Å². The fraction of sp³-hybridized carbons (Fsp3) is 0.176. The minimum Gasteiger partial charge on any atom is -0.493 e. The molecule has 0 saturated heterocycles. The molecule has 2 aromatic carbocycles. The van der Waals surface area contributed by atoms with Crippen molar-refractivity contribution in [1.82, 2.24) is 0 Å². The average Bonchev–Trinajstić information content (AvgIpc) is 3.10. The highest BCUT2D eigenvalue weighted by molar-refractivity contribution is 7.19. The Kier molecular flexibility index (Phi) is 3.24. The van der Waals surface area contributed by atoms with Crippen molar-refractivity contribution < 1.29 is 4.74 Å². The maximum atomic E-state index is 6.47. The van der Waals surface area contributed by atoms with Gasteiger partial charge in [-0.3, -0.25) is 0 Å². The summed E-state index contributed by atoms with van der Waals surface area (Å²) in [5.41, 5.74) is 2.40. The first-order valence-corrected chi connectivity index (χ1v) is 8.16. The fourth-order valence-electron chi connectivity index (χ4n) is 2.66. The van der Waals surface area contributed by atoms with E-state index in [1.165, 1.54) is 15.1 Å². The van der Waals surface area contributed by atoms with Gasteiger partial charge in [0.2, 0.25) is 0 Å². The Balaban J connectivity index is 1.57. The number of nitrogens with one attached hydrogen (secondary N) is 1. The first kappa shape index (κ1) is 13.0. The normalized spacial score (nSPS) is 13.2. The third-order valence-electron chi connectivity index (χ3n) is 3.74. The van der Waals surface area contributed by atoms with E-state index < -0.39 is 0 Å². The van der Waals surface area contributed by atoms with Crippen molar-refractivity contribution in [2.75, 3.05) is 11.9 Å². The molecule has 0 amide bonds. The monoisotopic (exact) mass is 315 g/mol. The summed E-state index contributed by atoms with van der Waals surface area (Å²) < 4.78 is 6.77. The van der Waals surface area contributed by atoms with Gasteiger partial charge >= 0.3 is 0 Å². The number of halogens is 1. The third kappa shape index (κ3) is 2.37. The van der Waals surface area contributed by atoms with Crippen LogP contribution in [0.15, 0.2) is 42.5 Å². The molecule has 0 atom stereocenters. The third-order valence-corrected chi connectivity index (χ3v) is 5.46. The topological polar surface area (TPSA) is 21.3 Å². The van der Waals surface area contributed by atoms with Crippen molar-refractivity contribution in [3.8, 4) is 5.75 Å². The summed E-state index contributed by atoms with van der Waals surface area (Å²) >= 11 is 8.22. The second-order valence-corrected chi connectivity index (χ2v) is 6.62. The van der Waals surface area contributed by atoms with Gasteiger partial charge in [-0.15, -0.1) is 11.3 Å². The van der Waals surface area contributed by atoms with Gasteiger partial charge in [0, 0.05) is 27.1 Å². The Morgan fingerprint density at radius 1 is 1.19 bits per heavy atom. The Bertz CT molecular complexity index is 812. The summed E-state index contributed by atoms with van der Waals surface area (Å²) in [6.45, 7) is 1.54. The molecule has 2 nitrogen and oxygen atoms in total. The molecule has 0 unspecified atom stereocenters. The van der Waals surface area contributed by atoms with Gasteiger partial charge in [0.25, 0.3) is 0 Å². The van der Waals surface area contributed by atoms with Crippen LogP contribution in [-0.4, -0.2) is 6.61 Å². The number of thiophene rings is 1. The molecule has 0 bridgehead atoms. The van der Waals surface area contributed by atoms with Crippen molar-refractivity contribution in [3.05, 3.63) is 57.9 Å². The molecule has 0 saturated carbocycles. The standard InChI is InChI=1S/C17H14ClNOS/c18-17-13-3-1-2-4-15(13)21-16(17)10-19-12-5-6-14-11(9-12)7-8-20-14/h1-6,9,19H,7-8,10H2. The van der Waals surface area contributed by atoms with E-state index in [1.807, 2.05) is 18.2 Å². The number of hydrogen-bond donors (Lipinski definition) is 1. The zero-order chi connectivity index (χ0) is 14.2. The number of ether oxygens (including phenoxy) is 1. The number of anilines is 1. The minimum absolute atomic E-state index is 0.748. The summed E-state index contributed by atoms with van der Waals surface area (Å²) in [4.78, 5) is 1.18. The van der Waals surface area contributed by atoms with Crippen LogP contribution in [0.3, 0.4) is 0 Å². The SMILES string of the molecule is Clc1c(CNc2ccc3c(c2)CCO3)sc2ccccc12. The molecular weight excluding hydrogens is 302 g/mol. The first-order valence-electron chi connectivity index (χ1n) is 6.97. The quantitative estimate of drug-likeness (QED) is 0.726. The van der Waals surface area contributed by atoms with Crippen LogP contribution in [-0.2, 0) is 13.0 Å². The molecule has 1 N–H and O–H groups in total. The molecule has 0 spiro atoms. The number of fused-ring (bicyclic) bond motifs is 2. The molecule has 3 aromatic rings. The largest absolute Gasteiger partial charge is 0.493 e. The minimum atomic E-state index is 0.748. The molecule has 0 aliphatic carbocycles. The van der Waals surface area contributed by atoms with E-state index in [1.54, 1.807) is 11.3 Å². The van der Waals surface area contributed by atoms with E-state index >= 15 is 0 Å². The van der Waals surface area contributed by atoms with E-state index in [-0.39, 0.29) is 0 Å². The molecule has 21 heavy (non-hydrogen) atoms. The average molecular weight is 316 g/mol. The lowest BCUT2D eigenvalue weighted by Gasteiger charge is -2.07. The highest BCUT2D eigenvalue weighted by Gasteiger charge is 2.13. The molecule has 4 heteroatoms. The summed E-state index contributed by atoms with van der Waals surface area (Å²) in [6.07, 6.45) is 0.995. The Labute approximate surface area is 132 Å². The van der Waals surface area contributed by atoms with Crippen LogP contribution < -0.4 is 10.1 Å². The zero-order valence-electron chi connectivity index (χ0n) is 11.4. The molecule has 1 aromatic heterocycles. The van der Waals surface area contributed by atoms with Crippen molar-refractivity contribution in [2.45, 2.75) is 13.0 Å². The molecule has 4 rings (SSSR count). The van der Waals surface area contributed by atoms with Gasteiger partial charge < -0.3 is 10.1 Å². The Morgan fingerprint density at radius 3 is 3.00 bits per heavy atom. The van der Waals surface area contributed by atoms with Crippen LogP contribution in [0, 0.1) is 0 Å². The number of benzene rings is 2. The molecular formula is C17H14ClNOS. The Hall–Kier alpha value is -1.71. The molecule has 2 heterocycles. The van der Waals surface area contributed by atoms with Gasteiger partial charge in [0.15, 0.2) is 0 Å². The lowest BCUT2D eigenvalue weighted by Crippen LogP contribution is -1.98. The van der Waals surface area contributed by atoms with E-state index in [9.17, 15) is 0 Å². The molecule has 106 valence electrons. The van der Waals surface area contributed by atoms with Crippen LogP contribution in [0.4, 0.5) is 5.69 Å². The van der Waals surface area contributed by atoms with Crippen LogP contribution >= 0.6 is 22.9 Å². The lowest BCUT2D eigenvalue weighted by atomic mass is 10.1. The van der Waals surface area contributed by atoms with E-state index in [0.29, 0.717) is 0 Å². The molecule has 1 aliphatic rings. The first-order chi connectivity index (χ1) is 10.3. The smallest absolute Gasteiger partial charge is 0.122 e. The second-order valence-electron chi connectivity index (χ2n) is 5.11. The van der Waals surface area contributed by atoms with Crippen molar-refractivity contribution in [3.63, 3.8) is 0 Å². The van der Waals surface area contributed by atoms with Gasteiger partial charge in [0.1, 0.15) is 5.75 Å². The summed E-state index contributed by atoms with van der Waals surface area (Å²) in [5, 5.41) is 5.47. The van der Waals surface area contributed by atoms with Gasteiger partial charge in [0.05, 0.1) is 18.2 Å². The summed E-state index contributed by atoms with van der Waals surface area (Å²) in [7, 11) is 0. The highest BCUT2D eigenvalue weighted by Crippen LogP contribution is 2.36. The summed E-state index contributed by atoms with van der Waals surface area (Å²) in [5.74, 6) is 1.01. The van der Waals surface area contributed by atoms with E-state index in [2.05, 4.69) is 29.6 Å². The predicted octanol–water partition coefficient (Wildman–Crippen LogP) is 5.10. The maximum Gasteiger partial charge on any atom is 0.122 e. The molecule has 1 aliphatic heterocycles. The maximum absolute atomic E-state index is 6.47. The molecule has 0 fully saturated rings. The summed E-state index contributed by atoms with van der Waals surface area (Å²) in [6, 6.07) is 14.5. The van der Waals surface area contributed by atoms with Gasteiger partial charge in [-0.05, 0) is 29.8 Å². The van der Waals surface area contributed by atoms with Crippen LogP contribution in [0.5, 0.6) is 5.75 Å². The zero-order valence-corrected chi connectivity index (χ0v) is 12.9. The second kappa shape index (κ2) is 5.24. The van der Waals surface area contributed by atoms with E-state index in [0.717, 1.165) is 41.4 Å². The predicted molar refractivity (Wildman–Crippen MR) is 89.8 cm³/mol. The van der Waals surface area contributed by atoms with Gasteiger partial charge in [-0.2, -0.15) is 0 Å². The molecule has 0 radical (unpaired) electrons. The van der Waals surface area contributed by atoms with Crippen LogP contribution in [0.2, 0.25) is 5.02 Å². The fourth-order valence-corrected chi connectivity index (χ4v) is 4.10. The number of rotatable bonds is 3. The van der Waals surface area contributed by atoms with Crippen molar-refractivity contribution in [1.29, 1.82) is 0 Å².